The number of methoxy groups -OCH3 is 1. The summed E-state index contributed by atoms with van der Waals surface area (Å²) in [6.45, 7) is 7.83. The summed E-state index contributed by atoms with van der Waals surface area (Å²) in [4.78, 5) is 24.7. The van der Waals surface area contributed by atoms with Gasteiger partial charge < -0.3 is 13.9 Å². The second-order valence-electron chi connectivity index (χ2n) is 7.31. The number of benzene rings is 2. The summed E-state index contributed by atoms with van der Waals surface area (Å²) in [6, 6.07) is 11.5. The maximum Gasteiger partial charge on any atom is 0.343 e. The van der Waals surface area contributed by atoms with Gasteiger partial charge in [0.1, 0.15) is 17.1 Å². The fraction of sp³-hybridized carbons (Fsp3) is 0.333. The van der Waals surface area contributed by atoms with E-state index >= 15 is 0 Å². The molecule has 0 spiro atoms. The largest absolute Gasteiger partial charge is 0.481 e. The summed E-state index contributed by atoms with van der Waals surface area (Å²) in [5.41, 5.74) is 3.82. The fourth-order valence-electron chi connectivity index (χ4n) is 3.35. The van der Waals surface area contributed by atoms with Crippen molar-refractivity contribution in [1.82, 2.24) is 0 Å². The number of fused-ring (bicyclic) bond motifs is 1. The van der Waals surface area contributed by atoms with Crippen molar-refractivity contribution < 1.29 is 18.7 Å². The highest BCUT2D eigenvalue weighted by Crippen LogP contribution is 2.30. The Balaban J connectivity index is 2.10. The second-order valence-corrected chi connectivity index (χ2v) is 7.31. The number of hydrogen-bond acceptors (Lipinski definition) is 5. The number of esters is 1. The van der Waals surface area contributed by atoms with Crippen molar-refractivity contribution in [3.63, 3.8) is 0 Å². The van der Waals surface area contributed by atoms with Gasteiger partial charge in [0.15, 0.2) is 6.61 Å². The van der Waals surface area contributed by atoms with Crippen LogP contribution in [0.1, 0.15) is 43.6 Å². The quantitative estimate of drug-likeness (QED) is 0.550. The number of aryl methyl sites for hydroxylation is 2. The van der Waals surface area contributed by atoms with E-state index in [0.29, 0.717) is 40.4 Å². The summed E-state index contributed by atoms with van der Waals surface area (Å²) in [7, 11) is 1.31. The van der Waals surface area contributed by atoms with Crippen LogP contribution in [0, 0.1) is 6.92 Å². The van der Waals surface area contributed by atoms with Crippen LogP contribution in [0.15, 0.2) is 45.6 Å². The zero-order chi connectivity index (χ0) is 21.1. The Labute approximate surface area is 170 Å². The average Bonchev–Trinajstić information content (AvgIpc) is 2.71. The Hall–Kier alpha value is -3.08. The molecule has 29 heavy (non-hydrogen) atoms. The molecule has 0 unspecified atom stereocenters. The summed E-state index contributed by atoms with van der Waals surface area (Å²) in [5, 5.41) is 0.501. The molecule has 0 saturated heterocycles. The van der Waals surface area contributed by atoms with E-state index in [-0.39, 0.29) is 12.0 Å². The van der Waals surface area contributed by atoms with E-state index in [0.717, 1.165) is 11.1 Å². The van der Waals surface area contributed by atoms with Crippen molar-refractivity contribution in [1.29, 1.82) is 0 Å². The Kier molecular flexibility index (Phi) is 6.06. The number of ether oxygens (including phenoxy) is 2. The minimum absolute atomic E-state index is 0.0738. The molecule has 3 rings (SSSR count). The first-order valence-corrected chi connectivity index (χ1v) is 9.76. The van der Waals surface area contributed by atoms with Gasteiger partial charge in [-0.2, -0.15) is 0 Å². The molecule has 0 N–H and O–H groups in total. The molecular weight excluding hydrogens is 368 g/mol. The van der Waals surface area contributed by atoms with Gasteiger partial charge in [0.05, 0.1) is 18.1 Å². The lowest BCUT2D eigenvalue weighted by Crippen LogP contribution is -2.14. The van der Waals surface area contributed by atoms with Gasteiger partial charge in [0, 0.05) is 6.07 Å². The normalized spacial score (nSPS) is 11.1. The predicted octanol–water partition coefficient (Wildman–Crippen LogP) is 5.01. The molecule has 0 fully saturated rings. The maximum absolute atomic E-state index is 13.3. The Bertz CT molecular complexity index is 1090. The highest BCUT2D eigenvalue weighted by Gasteiger charge is 2.17. The third-order valence-corrected chi connectivity index (χ3v) is 5.07. The second kappa shape index (κ2) is 8.52. The van der Waals surface area contributed by atoms with Crippen LogP contribution in [0.25, 0.3) is 22.1 Å². The van der Waals surface area contributed by atoms with Gasteiger partial charge in [-0.1, -0.05) is 45.0 Å². The van der Waals surface area contributed by atoms with Crippen molar-refractivity contribution in [2.45, 2.75) is 40.0 Å². The van der Waals surface area contributed by atoms with Crippen molar-refractivity contribution in [2.24, 2.45) is 0 Å². The van der Waals surface area contributed by atoms with E-state index in [4.69, 9.17) is 9.15 Å². The van der Waals surface area contributed by atoms with Gasteiger partial charge in [-0.3, -0.25) is 4.79 Å². The smallest absolute Gasteiger partial charge is 0.343 e. The number of rotatable bonds is 6. The minimum atomic E-state index is -0.468. The number of carbonyl (C=O) groups excluding carboxylic acids is 1. The average molecular weight is 394 g/mol. The predicted molar refractivity (Wildman–Crippen MR) is 114 cm³/mol. The van der Waals surface area contributed by atoms with Gasteiger partial charge in [0.25, 0.3) is 0 Å². The van der Waals surface area contributed by atoms with Crippen LogP contribution in [-0.2, 0) is 16.0 Å². The molecule has 0 amide bonds. The van der Waals surface area contributed by atoms with Crippen LogP contribution in [0.4, 0.5) is 0 Å². The van der Waals surface area contributed by atoms with E-state index in [1.807, 2.05) is 31.2 Å². The van der Waals surface area contributed by atoms with Crippen LogP contribution in [-0.4, -0.2) is 19.7 Å². The van der Waals surface area contributed by atoms with Gasteiger partial charge in [-0.05, 0) is 42.0 Å². The zero-order valence-electron chi connectivity index (χ0n) is 17.5. The highest BCUT2D eigenvalue weighted by atomic mass is 16.6. The fourth-order valence-corrected chi connectivity index (χ4v) is 3.35. The number of hydrogen-bond donors (Lipinski definition) is 0. The summed E-state index contributed by atoms with van der Waals surface area (Å²) >= 11 is 0. The molecule has 152 valence electrons. The van der Waals surface area contributed by atoms with E-state index in [2.05, 4.69) is 18.6 Å². The molecule has 2 aromatic carbocycles. The Morgan fingerprint density at radius 3 is 2.41 bits per heavy atom. The monoisotopic (exact) mass is 394 g/mol. The first-order valence-electron chi connectivity index (χ1n) is 9.76. The van der Waals surface area contributed by atoms with E-state index in [9.17, 15) is 9.59 Å². The molecule has 0 aliphatic heterocycles. The van der Waals surface area contributed by atoms with E-state index in [1.165, 1.54) is 12.7 Å². The van der Waals surface area contributed by atoms with Crippen LogP contribution in [0.5, 0.6) is 5.75 Å². The van der Waals surface area contributed by atoms with Crippen molar-refractivity contribution in [2.75, 3.05) is 13.7 Å². The van der Waals surface area contributed by atoms with Crippen molar-refractivity contribution in [3.05, 3.63) is 63.5 Å². The van der Waals surface area contributed by atoms with E-state index in [1.54, 1.807) is 19.1 Å². The summed E-state index contributed by atoms with van der Waals surface area (Å²) < 4.78 is 16.2. The third kappa shape index (κ3) is 4.19. The van der Waals surface area contributed by atoms with Crippen LogP contribution in [0.2, 0.25) is 0 Å². The first kappa shape index (κ1) is 20.6. The number of carbonyl (C=O) groups is 1. The molecule has 0 bridgehead atoms. The van der Waals surface area contributed by atoms with E-state index < -0.39 is 5.97 Å². The Morgan fingerprint density at radius 2 is 1.83 bits per heavy atom. The van der Waals surface area contributed by atoms with Gasteiger partial charge in [0.2, 0.25) is 5.43 Å². The first-order chi connectivity index (χ1) is 13.8. The van der Waals surface area contributed by atoms with Crippen LogP contribution < -0.4 is 10.2 Å². The lowest BCUT2D eigenvalue weighted by molar-refractivity contribution is -0.142. The van der Waals surface area contributed by atoms with Crippen LogP contribution >= 0.6 is 0 Å². The molecule has 0 saturated carbocycles. The van der Waals surface area contributed by atoms with Crippen LogP contribution in [0.3, 0.4) is 0 Å². The molecule has 5 nitrogen and oxygen atoms in total. The Morgan fingerprint density at radius 1 is 1.14 bits per heavy atom. The molecule has 5 heteroatoms. The van der Waals surface area contributed by atoms with Gasteiger partial charge in [-0.25, -0.2) is 4.79 Å². The molecule has 1 heterocycles. The summed E-state index contributed by atoms with van der Waals surface area (Å²) in [6.07, 6.45) is 0.651. The molecule has 0 aliphatic carbocycles. The summed E-state index contributed by atoms with van der Waals surface area (Å²) in [5.74, 6) is 1.02. The molecule has 1 aromatic heterocycles. The van der Waals surface area contributed by atoms with Crippen molar-refractivity contribution in [3.8, 4) is 16.9 Å². The van der Waals surface area contributed by atoms with Gasteiger partial charge >= 0.3 is 5.97 Å². The molecule has 0 radical (unpaired) electrons. The lowest BCUT2D eigenvalue weighted by Gasteiger charge is -2.13. The third-order valence-electron chi connectivity index (χ3n) is 5.07. The highest BCUT2D eigenvalue weighted by molar-refractivity contribution is 5.85. The molecule has 0 atom stereocenters. The van der Waals surface area contributed by atoms with Crippen molar-refractivity contribution >= 4 is 16.9 Å². The van der Waals surface area contributed by atoms with Gasteiger partial charge in [-0.15, -0.1) is 0 Å². The lowest BCUT2D eigenvalue weighted by atomic mass is 9.97. The minimum Gasteiger partial charge on any atom is -0.481 e. The SMILES string of the molecule is CCc1cc2c(=O)c(-c3ccc(C(C)C)cc3)c(C)oc2cc1OCC(=O)OC. The molecule has 3 aromatic rings. The maximum atomic E-state index is 13.3. The topological polar surface area (TPSA) is 65.7 Å². The molecular formula is C24H26O5. The standard InChI is InChI=1S/C24H26O5/c1-6-16-11-19-21(12-20(16)28-13-22(25)27-5)29-15(4)23(24(19)26)18-9-7-17(8-10-18)14(2)3/h7-12,14H,6,13H2,1-5H3. The zero-order valence-corrected chi connectivity index (χ0v) is 17.5. The molecule has 0 aliphatic rings.